The molecule has 3 aromatic heterocycles. The molecule has 0 aliphatic carbocycles. The third-order valence-electron chi connectivity index (χ3n) is 4.43. The summed E-state index contributed by atoms with van der Waals surface area (Å²) >= 11 is 0. The van der Waals surface area contributed by atoms with Crippen LogP contribution in [0.2, 0.25) is 0 Å². The molecule has 0 saturated carbocycles. The number of nitrogens with one attached hydrogen (secondary N) is 2. The first kappa shape index (κ1) is 20.5. The van der Waals surface area contributed by atoms with Crippen LogP contribution in [0.15, 0.2) is 41.5 Å². The number of hydrogen-bond donors (Lipinski definition) is 2. The number of carbonyl (C=O) groups is 1. The molecule has 0 saturated heterocycles. The van der Waals surface area contributed by atoms with Crippen molar-refractivity contribution in [2.75, 3.05) is 10.6 Å². The minimum atomic E-state index is -0.220. The Balaban J connectivity index is 2.06. The van der Waals surface area contributed by atoms with Gasteiger partial charge in [0, 0.05) is 24.9 Å². The molecule has 0 bridgehead atoms. The zero-order valence-corrected chi connectivity index (χ0v) is 17.3. The highest BCUT2D eigenvalue weighted by Gasteiger charge is 2.14. The van der Waals surface area contributed by atoms with Crippen molar-refractivity contribution in [3.05, 3.63) is 52.6 Å². The van der Waals surface area contributed by atoms with Crippen LogP contribution >= 0.6 is 0 Å². The van der Waals surface area contributed by atoms with Gasteiger partial charge in [-0.2, -0.15) is 0 Å². The summed E-state index contributed by atoms with van der Waals surface area (Å²) in [5.41, 5.74) is 0.867. The topological polar surface area (TPSA) is 88.9 Å². The maximum atomic E-state index is 13.1. The first-order valence-corrected chi connectivity index (χ1v) is 9.89. The van der Waals surface area contributed by atoms with Gasteiger partial charge in [0.25, 0.3) is 5.56 Å². The number of aryl methyl sites for hydroxylation is 1. The molecule has 0 spiro atoms. The van der Waals surface area contributed by atoms with Gasteiger partial charge in [-0.1, -0.05) is 6.92 Å². The predicted molar refractivity (Wildman–Crippen MR) is 117 cm³/mol. The lowest BCUT2D eigenvalue weighted by molar-refractivity contribution is -0.119. The molecular weight excluding hydrogens is 366 g/mol. The van der Waals surface area contributed by atoms with Gasteiger partial charge in [0.15, 0.2) is 5.78 Å². The van der Waals surface area contributed by atoms with E-state index < -0.39 is 0 Å². The number of rotatable bonds is 8. The molecule has 3 rings (SSSR count). The molecule has 0 aliphatic heterocycles. The fourth-order valence-electron chi connectivity index (χ4n) is 3.15. The van der Waals surface area contributed by atoms with Gasteiger partial charge in [-0.15, -0.1) is 0 Å². The van der Waals surface area contributed by atoms with E-state index in [0.717, 1.165) is 17.4 Å². The van der Waals surface area contributed by atoms with Gasteiger partial charge in [0.2, 0.25) is 0 Å². The standard InChI is InChI=1S/C22H27N5O2/c1-5-6-17(28)13-27-10-8-16-12-19(25-18-11-15(4)7-9-23-18)26-21(24-14(2)3)20(16)22(27)29/h7-12,14H,5-6,13H2,1-4H3,(H2,23,24,25,26). The maximum Gasteiger partial charge on any atom is 0.262 e. The predicted octanol–water partition coefficient (Wildman–Crippen LogP) is 4.03. The van der Waals surface area contributed by atoms with E-state index in [0.29, 0.717) is 29.3 Å². The van der Waals surface area contributed by atoms with Crippen LogP contribution in [0.4, 0.5) is 17.5 Å². The Hall–Kier alpha value is -3.22. The van der Waals surface area contributed by atoms with Crippen molar-refractivity contribution in [3.63, 3.8) is 0 Å². The summed E-state index contributed by atoms with van der Waals surface area (Å²) in [6, 6.07) is 7.61. The summed E-state index contributed by atoms with van der Waals surface area (Å²) in [6.45, 7) is 8.00. The molecule has 3 heterocycles. The summed E-state index contributed by atoms with van der Waals surface area (Å²) in [6.07, 6.45) is 4.64. The van der Waals surface area contributed by atoms with Crippen LogP contribution in [0.5, 0.6) is 0 Å². The molecule has 0 unspecified atom stereocenters. The molecule has 2 N–H and O–H groups in total. The molecule has 0 atom stereocenters. The van der Waals surface area contributed by atoms with Gasteiger partial charge in [0.1, 0.15) is 17.5 Å². The average molecular weight is 393 g/mol. The van der Waals surface area contributed by atoms with E-state index in [4.69, 9.17) is 0 Å². The summed E-state index contributed by atoms with van der Waals surface area (Å²) in [7, 11) is 0. The van der Waals surface area contributed by atoms with Crippen LogP contribution < -0.4 is 16.2 Å². The molecule has 0 aromatic carbocycles. The highest BCUT2D eigenvalue weighted by atomic mass is 16.1. The van der Waals surface area contributed by atoms with Crippen LogP contribution in [0.25, 0.3) is 10.8 Å². The maximum absolute atomic E-state index is 13.1. The Morgan fingerprint density at radius 1 is 1.21 bits per heavy atom. The monoisotopic (exact) mass is 393 g/mol. The molecule has 0 aliphatic rings. The van der Waals surface area contributed by atoms with E-state index in [1.54, 1.807) is 12.4 Å². The van der Waals surface area contributed by atoms with Crippen LogP contribution in [0, 0.1) is 6.92 Å². The van der Waals surface area contributed by atoms with Gasteiger partial charge < -0.3 is 15.2 Å². The zero-order valence-electron chi connectivity index (χ0n) is 17.3. The summed E-state index contributed by atoms with van der Waals surface area (Å²) in [4.78, 5) is 34.1. The van der Waals surface area contributed by atoms with Crippen molar-refractivity contribution in [1.29, 1.82) is 0 Å². The fraction of sp³-hybridized carbons (Fsp3) is 0.364. The number of pyridine rings is 3. The Kier molecular flexibility index (Phi) is 6.26. The van der Waals surface area contributed by atoms with Gasteiger partial charge in [-0.05, 0) is 62.4 Å². The lowest BCUT2D eigenvalue weighted by Gasteiger charge is -2.15. The average Bonchev–Trinajstić information content (AvgIpc) is 2.63. The number of fused-ring (bicyclic) bond motifs is 1. The summed E-state index contributed by atoms with van der Waals surface area (Å²) < 4.78 is 1.46. The number of Topliss-reactive ketones (excluding diaryl/α,β-unsaturated/α-hetero) is 1. The molecule has 0 radical (unpaired) electrons. The molecule has 7 nitrogen and oxygen atoms in total. The number of ketones is 1. The van der Waals surface area contributed by atoms with Gasteiger partial charge in [-0.25, -0.2) is 9.97 Å². The van der Waals surface area contributed by atoms with E-state index in [1.807, 2.05) is 52.0 Å². The highest BCUT2D eigenvalue weighted by molar-refractivity contribution is 5.93. The van der Waals surface area contributed by atoms with Gasteiger partial charge >= 0.3 is 0 Å². The minimum absolute atomic E-state index is 0.0455. The van der Waals surface area contributed by atoms with Crippen molar-refractivity contribution in [1.82, 2.24) is 14.5 Å². The van der Waals surface area contributed by atoms with E-state index in [2.05, 4.69) is 20.6 Å². The fourth-order valence-corrected chi connectivity index (χ4v) is 3.15. The smallest absolute Gasteiger partial charge is 0.262 e. The Bertz CT molecular complexity index is 1090. The van der Waals surface area contributed by atoms with Crippen molar-refractivity contribution < 1.29 is 4.79 Å². The first-order chi connectivity index (χ1) is 13.9. The molecule has 7 heteroatoms. The van der Waals surface area contributed by atoms with Gasteiger partial charge in [-0.3, -0.25) is 9.59 Å². The van der Waals surface area contributed by atoms with Crippen molar-refractivity contribution in [3.8, 4) is 0 Å². The zero-order chi connectivity index (χ0) is 21.0. The molecule has 3 aromatic rings. The second kappa shape index (κ2) is 8.86. The van der Waals surface area contributed by atoms with Crippen LogP contribution in [-0.4, -0.2) is 26.4 Å². The largest absolute Gasteiger partial charge is 0.367 e. The molecule has 29 heavy (non-hydrogen) atoms. The first-order valence-electron chi connectivity index (χ1n) is 9.89. The van der Waals surface area contributed by atoms with Crippen LogP contribution in [0.3, 0.4) is 0 Å². The lowest BCUT2D eigenvalue weighted by atomic mass is 10.1. The summed E-state index contributed by atoms with van der Waals surface area (Å²) in [5.74, 6) is 1.82. The second-order valence-corrected chi connectivity index (χ2v) is 7.50. The van der Waals surface area contributed by atoms with Crippen LogP contribution in [-0.2, 0) is 11.3 Å². The molecular formula is C22H27N5O2. The lowest BCUT2D eigenvalue weighted by Crippen LogP contribution is -2.25. The second-order valence-electron chi connectivity index (χ2n) is 7.50. The molecule has 0 amide bonds. The Morgan fingerprint density at radius 3 is 2.69 bits per heavy atom. The quantitative estimate of drug-likeness (QED) is 0.601. The molecule has 0 fully saturated rings. The van der Waals surface area contributed by atoms with Crippen molar-refractivity contribution in [2.24, 2.45) is 0 Å². The highest BCUT2D eigenvalue weighted by Crippen LogP contribution is 2.24. The SMILES string of the molecule is CCCC(=O)Cn1ccc2cc(Nc3cc(C)ccn3)nc(NC(C)C)c2c1=O. The van der Waals surface area contributed by atoms with Crippen molar-refractivity contribution in [2.45, 2.75) is 53.1 Å². The van der Waals surface area contributed by atoms with E-state index in [-0.39, 0.29) is 23.9 Å². The van der Waals surface area contributed by atoms with E-state index in [9.17, 15) is 9.59 Å². The number of anilines is 3. The third kappa shape index (κ3) is 4.99. The minimum Gasteiger partial charge on any atom is -0.367 e. The number of carbonyl (C=O) groups excluding carboxylic acids is 1. The number of hydrogen-bond acceptors (Lipinski definition) is 6. The van der Waals surface area contributed by atoms with Gasteiger partial charge in [0.05, 0.1) is 11.9 Å². The van der Waals surface area contributed by atoms with Crippen molar-refractivity contribution >= 4 is 34.0 Å². The summed E-state index contributed by atoms with van der Waals surface area (Å²) in [5, 5.41) is 7.70. The molecule has 152 valence electrons. The number of aromatic nitrogens is 3. The van der Waals surface area contributed by atoms with Crippen LogP contribution in [0.1, 0.15) is 39.2 Å². The van der Waals surface area contributed by atoms with E-state index >= 15 is 0 Å². The normalized spacial score (nSPS) is 11.1. The Morgan fingerprint density at radius 2 is 2.00 bits per heavy atom. The third-order valence-corrected chi connectivity index (χ3v) is 4.43. The Labute approximate surface area is 170 Å². The number of nitrogens with zero attached hydrogens (tertiary/aromatic N) is 3. The van der Waals surface area contributed by atoms with E-state index in [1.165, 1.54) is 4.57 Å².